The van der Waals surface area contributed by atoms with Crippen molar-refractivity contribution >= 4 is 23.2 Å². The van der Waals surface area contributed by atoms with E-state index < -0.39 is 0 Å². The van der Waals surface area contributed by atoms with E-state index in [1.807, 2.05) is 24.3 Å². The van der Waals surface area contributed by atoms with Crippen LogP contribution in [0.5, 0.6) is 5.75 Å². The molecule has 0 bridgehead atoms. The number of nitrogens with two attached hydrogens (primary N) is 1. The van der Waals surface area contributed by atoms with Crippen molar-refractivity contribution in [2.75, 3.05) is 19.9 Å². The van der Waals surface area contributed by atoms with Gasteiger partial charge in [0.25, 0.3) is 5.91 Å². The maximum absolute atomic E-state index is 12.4. The van der Waals surface area contributed by atoms with Crippen LogP contribution in [0, 0.1) is 0 Å². The molecular weight excluding hydrogens is 290 g/mol. The third-order valence-corrected chi connectivity index (χ3v) is 3.29. The highest BCUT2D eigenvalue weighted by molar-refractivity contribution is 6.32. The van der Waals surface area contributed by atoms with Gasteiger partial charge in [0.2, 0.25) is 0 Å². The van der Waals surface area contributed by atoms with E-state index in [4.69, 9.17) is 22.1 Å². The van der Waals surface area contributed by atoms with Crippen molar-refractivity contribution in [2.45, 2.75) is 6.54 Å². The van der Waals surface area contributed by atoms with E-state index in [9.17, 15) is 4.79 Å². The van der Waals surface area contributed by atoms with Gasteiger partial charge >= 0.3 is 0 Å². The summed E-state index contributed by atoms with van der Waals surface area (Å²) in [4.78, 5) is 17.8. The van der Waals surface area contributed by atoms with Crippen LogP contribution in [0.1, 0.15) is 15.9 Å². The van der Waals surface area contributed by atoms with Crippen LogP contribution in [0.2, 0.25) is 5.15 Å². The topological polar surface area (TPSA) is 68.5 Å². The third kappa shape index (κ3) is 3.64. The lowest BCUT2D eigenvalue weighted by molar-refractivity contribution is 0.0785. The van der Waals surface area contributed by atoms with E-state index in [1.165, 1.54) is 12.3 Å². The zero-order chi connectivity index (χ0) is 15.4. The van der Waals surface area contributed by atoms with Gasteiger partial charge in [-0.1, -0.05) is 23.7 Å². The first kappa shape index (κ1) is 15.1. The second kappa shape index (κ2) is 6.45. The van der Waals surface area contributed by atoms with Gasteiger partial charge in [-0.3, -0.25) is 4.79 Å². The van der Waals surface area contributed by atoms with Crippen LogP contribution in [-0.2, 0) is 6.54 Å². The summed E-state index contributed by atoms with van der Waals surface area (Å²) in [5, 5.41) is 0.145. The Balaban J connectivity index is 2.17. The van der Waals surface area contributed by atoms with E-state index in [-0.39, 0.29) is 11.1 Å². The largest absolute Gasteiger partial charge is 0.497 e. The predicted octanol–water partition coefficient (Wildman–Crippen LogP) is 2.60. The number of amides is 1. The smallest absolute Gasteiger partial charge is 0.257 e. The zero-order valence-corrected chi connectivity index (χ0v) is 12.6. The highest BCUT2D eigenvalue weighted by Gasteiger charge is 2.16. The number of carbonyl (C=O) groups excluding carboxylic acids is 1. The van der Waals surface area contributed by atoms with Crippen molar-refractivity contribution < 1.29 is 9.53 Å². The van der Waals surface area contributed by atoms with Gasteiger partial charge in [-0.05, 0) is 23.8 Å². The molecule has 1 heterocycles. The van der Waals surface area contributed by atoms with Gasteiger partial charge in [0.15, 0.2) is 0 Å². The van der Waals surface area contributed by atoms with E-state index in [1.54, 1.807) is 19.1 Å². The average Bonchev–Trinajstić information content (AvgIpc) is 2.49. The van der Waals surface area contributed by atoms with Crippen LogP contribution in [0.25, 0.3) is 0 Å². The lowest BCUT2D eigenvalue weighted by Gasteiger charge is -2.18. The highest BCUT2D eigenvalue weighted by Crippen LogP contribution is 2.19. The molecule has 6 heteroatoms. The minimum atomic E-state index is -0.234. The SMILES string of the molecule is COc1cccc(CN(C)C(=O)c2cc(N)cnc2Cl)c1. The molecule has 1 amide bonds. The van der Waals surface area contributed by atoms with Gasteiger partial charge < -0.3 is 15.4 Å². The number of aromatic nitrogens is 1. The molecule has 0 unspecified atom stereocenters. The van der Waals surface area contributed by atoms with E-state index in [0.717, 1.165) is 11.3 Å². The molecule has 0 saturated carbocycles. The summed E-state index contributed by atoms with van der Waals surface area (Å²) in [5.41, 5.74) is 7.30. The number of rotatable bonds is 4. The highest BCUT2D eigenvalue weighted by atomic mass is 35.5. The Morgan fingerprint density at radius 1 is 1.43 bits per heavy atom. The molecule has 0 aliphatic carbocycles. The number of halogens is 1. The van der Waals surface area contributed by atoms with Crippen LogP contribution in [0.15, 0.2) is 36.5 Å². The number of nitrogen functional groups attached to an aromatic ring is 1. The van der Waals surface area contributed by atoms with Gasteiger partial charge in [0.1, 0.15) is 10.9 Å². The molecule has 110 valence electrons. The fraction of sp³-hybridized carbons (Fsp3) is 0.200. The summed E-state index contributed by atoms with van der Waals surface area (Å²) in [6.45, 7) is 0.432. The maximum Gasteiger partial charge on any atom is 0.257 e. The summed E-state index contributed by atoms with van der Waals surface area (Å²) < 4.78 is 5.17. The monoisotopic (exact) mass is 305 g/mol. The van der Waals surface area contributed by atoms with Crippen LogP contribution in [0.4, 0.5) is 5.69 Å². The third-order valence-electron chi connectivity index (χ3n) is 2.99. The number of anilines is 1. The maximum atomic E-state index is 12.4. The first-order valence-corrected chi connectivity index (χ1v) is 6.68. The lowest BCUT2D eigenvalue weighted by Crippen LogP contribution is -2.26. The van der Waals surface area contributed by atoms with Crippen molar-refractivity contribution in [2.24, 2.45) is 0 Å². The molecule has 0 saturated heterocycles. The first-order chi connectivity index (χ1) is 10.0. The number of carbonyl (C=O) groups is 1. The molecule has 2 rings (SSSR count). The van der Waals surface area contributed by atoms with Crippen LogP contribution >= 0.6 is 11.6 Å². The van der Waals surface area contributed by atoms with Crippen LogP contribution < -0.4 is 10.5 Å². The van der Waals surface area contributed by atoms with E-state index >= 15 is 0 Å². The standard InChI is InChI=1S/C15H16ClN3O2/c1-19(9-10-4-3-5-12(6-10)21-2)15(20)13-7-11(17)8-18-14(13)16/h3-8H,9,17H2,1-2H3. The van der Waals surface area contributed by atoms with E-state index in [0.29, 0.717) is 17.8 Å². The van der Waals surface area contributed by atoms with Crippen molar-refractivity contribution in [1.29, 1.82) is 0 Å². The summed E-state index contributed by atoms with van der Waals surface area (Å²) in [6, 6.07) is 9.06. The number of methoxy groups -OCH3 is 1. The van der Waals surface area contributed by atoms with Crippen molar-refractivity contribution in [3.05, 3.63) is 52.8 Å². The Morgan fingerprint density at radius 3 is 2.90 bits per heavy atom. The molecule has 0 spiro atoms. The van der Waals surface area contributed by atoms with Gasteiger partial charge in [-0.15, -0.1) is 0 Å². The number of hydrogen-bond donors (Lipinski definition) is 1. The van der Waals surface area contributed by atoms with Gasteiger partial charge in [0.05, 0.1) is 24.6 Å². The summed E-state index contributed by atoms with van der Waals surface area (Å²) in [7, 11) is 3.30. The summed E-state index contributed by atoms with van der Waals surface area (Å²) in [6.07, 6.45) is 1.42. The molecule has 0 fully saturated rings. The Morgan fingerprint density at radius 2 is 2.19 bits per heavy atom. The number of nitrogens with zero attached hydrogens (tertiary/aromatic N) is 2. The molecule has 0 aliphatic heterocycles. The Bertz CT molecular complexity index is 661. The molecule has 5 nitrogen and oxygen atoms in total. The Kier molecular flexibility index (Phi) is 4.65. The average molecular weight is 306 g/mol. The molecule has 0 aliphatic rings. The minimum Gasteiger partial charge on any atom is -0.497 e. The molecule has 0 radical (unpaired) electrons. The molecular formula is C15H16ClN3O2. The van der Waals surface area contributed by atoms with Crippen molar-refractivity contribution in [1.82, 2.24) is 9.88 Å². The van der Waals surface area contributed by atoms with Crippen molar-refractivity contribution in [3.63, 3.8) is 0 Å². The quantitative estimate of drug-likeness (QED) is 0.882. The summed E-state index contributed by atoms with van der Waals surface area (Å²) in [5.74, 6) is 0.514. The van der Waals surface area contributed by atoms with Gasteiger partial charge in [0, 0.05) is 13.6 Å². The Labute approximate surface area is 128 Å². The molecule has 2 aromatic rings. The fourth-order valence-corrected chi connectivity index (χ4v) is 2.12. The number of benzene rings is 1. The fourth-order valence-electron chi connectivity index (χ4n) is 1.94. The summed E-state index contributed by atoms with van der Waals surface area (Å²) >= 11 is 5.95. The molecule has 21 heavy (non-hydrogen) atoms. The second-order valence-corrected chi connectivity index (χ2v) is 4.98. The zero-order valence-electron chi connectivity index (χ0n) is 11.8. The van der Waals surface area contributed by atoms with Crippen LogP contribution in [0.3, 0.4) is 0 Å². The first-order valence-electron chi connectivity index (χ1n) is 6.30. The molecule has 0 atom stereocenters. The molecule has 2 N–H and O–H groups in total. The second-order valence-electron chi connectivity index (χ2n) is 4.62. The van der Waals surface area contributed by atoms with Gasteiger partial charge in [-0.2, -0.15) is 0 Å². The van der Waals surface area contributed by atoms with Crippen molar-refractivity contribution in [3.8, 4) is 5.75 Å². The minimum absolute atomic E-state index is 0.145. The van der Waals surface area contributed by atoms with Gasteiger partial charge in [-0.25, -0.2) is 4.98 Å². The molecule has 1 aromatic heterocycles. The van der Waals surface area contributed by atoms with Crippen LogP contribution in [-0.4, -0.2) is 29.9 Å². The van der Waals surface area contributed by atoms with E-state index in [2.05, 4.69) is 4.98 Å². The Hall–Kier alpha value is -2.27. The number of pyridine rings is 1. The molecule has 1 aromatic carbocycles. The normalized spacial score (nSPS) is 10.2. The predicted molar refractivity (Wildman–Crippen MR) is 82.5 cm³/mol. The lowest BCUT2D eigenvalue weighted by atomic mass is 10.2. The number of ether oxygens (including phenoxy) is 1. The number of hydrogen-bond acceptors (Lipinski definition) is 4.